The molecule has 0 aliphatic rings. The van der Waals surface area contributed by atoms with Crippen LogP contribution in [0.1, 0.15) is 13.3 Å². The van der Waals surface area contributed by atoms with Gasteiger partial charge in [0.1, 0.15) is 16.7 Å². The molecule has 0 saturated heterocycles. The van der Waals surface area contributed by atoms with Crippen molar-refractivity contribution in [3.63, 3.8) is 0 Å². The lowest BCUT2D eigenvalue weighted by Gasteiger charge is -2.16. The summed E-state index contributed by atoms with van der Waals surface area (Å²) >= 11 is 3.16. The van der Waals surface area contributed by atoms with Crippen molar-refractivity contribution in [2.75, 3.05) is 13.2 Å². The van der Waals surface area contributed by atoms with Crippen molar-refractivity contribution in [2.45, 2.75) is 24.3 Å². The zero-order chi connectivity index (χ0) is 16.0. The standard InChI is InChI=1S/C12H16BrNO6S/c1-2-20-10-4-3-8(13)7-11(10)21(18,19)14-9(5-6-15)12(16)17/h3-4,7,9,14-15H,2,5-6H2,1H3,(H,16,17)/t9-/m1/s1. The van der Waals surface area contributed by atoms with Crippen molar-refractivity contribution in [3.05, 3.63) is 22.7 Å². The molecule has 0 heterocycles. The first-order valence-electron chi connectivity index (χ1n) is 6.10. The van der Waals surface area contributed by atoms with Crippen LogP contribution in [0.5, 0.6) is 5.75 Å². The maximum absolute atomic E-state index is 12.3. The van der Waals surface area contributed by atoms with Gasteiger partial charge in [-0.05, 0) is 31.5 Å². The van der Waals surface area contributed by atoms with Crippen LogP contribution in [0.2, 0.25) is 0 Å². The molecular formula is C12H16BrNO6S. The first kappa shape index (κ1) is 17.9. The Balaban J connectivity index is 3.17. The number of carbonyl (C=O) groups is 1. The van der Waals surface area contributed by atoms with Gasteiger partial charge in [-0.2, -0.15) is 4.72 Å². The molecule has 0 saturated carbocycles. The van der Waals surface area contributed by atoms with Crippen molar-refractivity contribution >= 4 is 31.9 Å². The lowest BCUT2D eigenvalue weighted by Crippen LogP contribution is -2.41. The first-order chi connectivity index (χ1) is 9.81. The smallest absolute Gasteiger partial charge is 0.321 e. The fourth-order valence-electron chi connectivity index (χ4n) is 1.58. The zero-order valence-electron chi connectivity index (χ0n) is 11.2. The van der Waals surface area contributed by atoms with E-state index in [1.165, 1.54) is 12.1 Å². The van der Waals surface area contributed by atoms with Crippen molar-refractivity contribution in [3.8, 4) is 5.75 Å². The van der Waals surface area contributed by atoms with Gasteiger partial charge in [-0.15, -0.1) is 0 Å². The van der Waals surface area contributed by atoms with Gasteiger partial charge in [-0.3, -0.25) is 4.79 Å². The number of halogens is 1. The number of nitrogens with one attached hydrogen (secondary N) is 1. The van der Waals surface area contributed by atoms with Crippen LogP contribution in [0.3, 0.4) is 0 Å². The minimum Gasteiger partial charge on any atom is -0.492 e. The van der Waals surface area contributed by atoms with Crippen molar-refractivity contribution in [2.24, 2.45) is 0 Å². The molecule has 0 fully saturated rings. The number of aliphatic carboxylic acids is 1. The molecule has 0 radical (unpaired) electrons. The van der Waals surface area contributed by atoms with E-state index in [0.717, 1.165) is 0 Å². The van der Waals surface area contributed by atoms with E-state index in [1.54, 1.807) is 13.0 Å². The maximum Gasteiger partial charge on any atom is 0.321 e. The van der Waals surface area contributed by atoms with Crippen LogP contribution in [0.25, 0.3) is 0 Å². The summed E-state index contributed by atoms with van der Waals surface area (Å²) in [6.07, 6.45) is -0.230. The molecule has 0 spiro atoms. The third-order valence-electron chi connectivity index (χ3n) is 2.51. The molecule has 0 aliphatic carbocycles. The topological polar surface area (TPSA) is 113 Å². The lowest BCUT2D eigenvalue weighted by atomic mass is 10.2. The monoisotopic (exact) mass is 381 g/mol. The van der Waals surface area contributed by atoms with Gasteiger partial charge in [-0.25, -0.2) is 8.42 Å². The van der Waals surface area contributed by atoms with Crippen LogP contribution in [0, 0.1) is 0 Å². The minimum absolute atomic E-state index is 0.126. The summed E-state index contributed by atoms with van der Waals surface area (Å²) in [5.74, 6) is -1.23. The summed E-state index contributed by atoms with van der Waals surface area (Å²) in [5.41, 5.74) is 0. The number of sulfonamides is 1. The summed E-state index contributed by atoms with van der Waals surface area (Å²) < 4.78 is 32.4. The number of hydrogen-bond donors (Lipinski definition) is 3. The van der Waals surface area contributed by atoms with E-state index in [-0.39, 0.29) is 23.7 Å². The molecule has 0 amide bonds. The fraction of sp³-hybridized carbons (Fsp3) is 0.417. The number of rotatable bonds is 8. The van der Waals surface area contributed by atoms with E-state index in [9.17, 15) is 13.2 Å². The van der Waals surface area contributed by atoms with E-state index in [4.69, 9.17) is 14.9 Å². The molecule has 0 bridgehead atoms. The van der Waals surface area contributed by atoms with E-state index in [1.807, 2.05) is 4.72 Å². The van der Waals surface area contributed by atoms with Gasteiger partial charge in [0.25, 0.3) is 0 Å². The maximum atomic E-state index is 12.3. The summed E-state index contributed by atoms with van der Waals surface area (Å²) in [6, 6.07) is 3.01. The largest absolute Gasteiger partial charge is 0.492 e. The van der Waals surface area contributed by atoms with Gasteiger partial charge in [0.2, 0.25) is 10.0 Å². The van der Waals surface area contributed by atoms with Crippen LogP contribution >= 0.6 is 15.9 Å². The Morgan fingerprint density at radius 2 is 2.14 bits per heavy atom. The Morgan fingerprint density at radius 1 is 1.48 bits per heavy atom. The van der Waals surface area contributed by atoms with E-state index in [0.29, 0.717) is 4.47 Å². The molecule has 118 valence electrons. The van der Waals surface area contributed by atoms with Gasteiger partial charge in [0.05, 0.1) is 6.61 Å². The molecule has 1 atom stereocenters. The lowest BCUT2D eigenvalue weighted by molar-refractivity contribution is -0.139. The molecular weight excluding hydrogens is 366 g/mol. The Morgan fingerprint density at radius 3 is 2.67 bits per heavy atom. The highest BCUT2D eigenvalue weighted by atomic mass is 79.9. The van der Waals surface area contributed by atoms with Crippen LogP contribution in [-0.2, 0) is 14.8 Å². The van der Waals surface area contributed by atoms with E-state index >= 15 is 0 Å². The first-order valence-corrected chi connectivity index (χ1v) is 8.37. The van der Waals surface area contributed by atoms with Crippen molar-refractivity contribution in [1.82, 2.24) is 4.72 Å². The van der Waals surface area contributed by atoms with Gasteiger partial charge in [-0.1, -0.05) is 15.9 Å². The Hall–Kier alpha value is -1.16. The molecule has 0 unspecified atom stereocenters. The quantitative estimate of drug-likeness (QED) is 0.618. The second-order valence-electron chi connectivity index (χ2n) is 4.05. The number of aliphatic hydroxyl groups excluding tert-OH is 1. The molecule has 1 rings (SSSR count). The van der Waals surface area contributed by atoms with E-state index < -0.39 is 28.6 Å². The summed E-state index contributed by atoms with van der Waals surface area (Å²) in [5, 5.41) is 17.8. The second-order valence-corrected chi connectivity index (χ2v) is 6.65. The Bertz CT molecular complexity index is 604. The molecule has 0 aliphatic heterocycles. The molecule has 7 nitrogen and oxygen atoms in total. The van der Waals surface area contributed by atoms with Crippen LogP contribution < -0.4 is 9.46 Å². The number of aliphatic hydroxyl groups is 1. The molecule has 21 heavy (non-hydrogen) atoms. The van der Waals surface area contributed by atoms with Crippen LogP contribution in [-0.4, -0.2) is 43.9 Å². The van der Waals surface area contributed by atoms with Gasteiger partial charge >= 0.3 is 5.97 Å². The van der Waals surface area contributed by atoms with Gasteiger partial charge in [0.15, 0.2) is 0 Å². The SMILES string of the molecule is CCOc1ccc(Br)cc1S(=O)(=O)N[C@H](CCO)C(=O)O. The summed E-state index contributed by atoms with van der Waals surface area (Å²) in [4.78, 5) is 10.8. The molecule has 1 aromatic rings. The summed E-state index contributed by atoms with van der Waals surface area (Å²) in [7, 11) is -4.10. The van der Waals surface area contributed by atoms with E-state index in [2.05, 4.69) is 15.9 Å². The summed E-state index contributed by atoms with van der Waals surface area (Å²) in [6.45, 7) is 1.52. The normalized spacial score (nSPS) is 12.9. The number of ether oxygens (including phenoxy) is 1. The van der Waals surface area contributed by atoms with Crippen LogP contribution in [0.4, 0.5) is 0 Å². The number of benzene rings is 1. The van der Waals surface area contributed by atoms with Gasteiger partial charge < -0.3 is 14.9 Å². The molecule has 3 N–H and O–H groups in total. The second kappa shape index (κ2) is 7.74. The minimum atomic E-state index is -4.10. The third-order valence-corrected chi connectivity index (χ3v) is 4.49. The molecule has 1 aromatic carbocycles. The number of hydrogen-bond acceptors (Lipinski definition) is 5. The predicted octanol–water partition coefficient (Wildman–Crippen LogP) is 0.962. The fourth-order valence-corrected chi connectivity index (χ4v) is 3.49. The number of carboxylic acids is 1. The third kappa shape index (κ3) is 4.95. The average Bonchev–Trinajstić information content (AvgIpc) is 2.40. The van der Waals surface area contributed by atoms with Crippen molar-refractivity contribution in [1.29, 1.82) is 0 Å². The highest BCUT2D eigenvalue weighted by Crippen LogP contribution is 2.27. The predicted molar refractivity (Wildman–Crippen MR) is 78.8 cm³/mol. The highest BCUT2D eigenvalue weighted by Gasteiger charge is 2.27. The Kier molecular flexibility index (Phi) is 6.59. The van der Waals surface area contributed by atoms with Crippen molar-refractivity contribution < 1.29 is 28.2 Å². The Labute approximate surface area is 131 Å². The van der Waals surface area contributed by atoms with Crippen LogP contribution in [0.15, 0.2) is 27.6 Å². The zero-order valence-corrected chi connectivity index (χ0v) is 13.6. The average molecular weight is 382 g/mol. The number of carboxylic acid groups (broad SMARTS) is 1. The highest BCUT2D eigenvalue weighted by molar-refractivity contribution is 9.10. The van der Waals surface area contributed by atoms with Gasteiger partial charge in [0, 0.05) is 11.1 Å². The molecule has 0 aromatic heterocycles. The molecule has 9 heteroatoms.